The molecule has 0 heterocycles. The second kappa shape index (κ2) is 11.1. The van der Waals surface area contributed by atoms with Gasteiger partial charge in [0.05, 0.1) is 0 Å². The summed E-state index contributed by atoms with van der Waals surface area (Å²) in [7, 11) is 0. The van der Waals surface area contributed by atoms with E-state index in [1.54, 1.807) is 77.0 Å². The third kappa shape index (κ3) is 6.00. The summed E-state index contributed by atoms with van der Waals surface area (Å²) in [4.78, 5) is 0. The van der Waals surface area contributed by atoms with Gasteiger partial charge in [-0.25, -0.2) is 0 Å². The van der Waals surface area contributed by atoms with E-state index >= 15 is 0 Å². The molecular weight excluding hydrogens is 312 g/mol. The highest BCUT2D eigenvalue weighted by Crippen LogP contribution is 2.46. The van der Waals surface area contributed by atoms with Gasteiger partial charge in [-0.3, -0.25) is 0 Å². The molecule has 0 bridgehead atoms. The van der Waals surface area contributed by atoms with Gasteiger partial charge in [0.15, 0.2) is 0 Å². The topological polar surface area (TPSA) is 0 Å². The van der Waals surface area contributed by atoms with Crippen LogP contribution in [0.3, 0.4) is 0 Å². The highest BCUT2D eigenvalue weighted by molar-refractivity contribution is 4.85. The Morgan fingerprint density at radius 1 is 0.423 bits per heavy atom. The zero-order valence-electron chi connectivity index (χ0n) is 18.2. The lowest BCUT2D eigenvalue weighted by Crippen LogP contribution is -2.29. The first kappa shape index (κ1) is 20.7. The Bertz CT molecular complexity index is 348. The lowest BCUT2D eigenvalue weighted by Gasteiger charge is -2.41. The molecule has 0 aromatic rings. The van der Waals surface area contributed by atoms with Gasteiger partial charge in [-0.05, 0) is 86.9 Å². The van der Waals surface area contributed by atoms with Crippen molar-refractivity contribution in [3.63, 3.8) is 0 Å². The standard InChI is InChI=1S/C26H48/c1-3-5-6-8-22-11-15-24(16-12-22)26-19-17-25(18-20-26)23-13-9-21(7-4-2)10-14-23/h21-26H,3-20H2,1-2H3. The predicted molar refractivity (Wildman–Crippen MR) is 115 cm³/mol. The molecule has 0 nitrogen and oxygen atoms in total. The van der Waals surface area contributed by atoms with Crippen molar-refractivity contribution >= 4 is 0 Å². The second-order valence-electron chi connectivity index (χ2n) is 10.5. The van der Waals surface area contributed by atoms with Crippen LogP contribution in [0.15, 0.2) is 0 Å². The summed E-state index contributed by atoms with van der Waals surface area (Å²) in [5, 5.41) is 0. The molecule has 0 N–H and O–H groups in total. The average molecular weight is 361 g/mol. The quantitative estimate of drug-likeness (QED) is 0.379. The van der Waals surface area contributed by atoms with Crippen molar-refractivity contribution in [1.29, 1.82) is 0 Å². The molecule has 0 saturated heterocycles. The molecule has 0 amide bonds. The van der Waals surface area contributed by atoms with Crippen LogP contribution in [0.5, 0.6) is 0 Å². The molecule has 0 heteroatoms. The van der Waals surface area contributed by atoms with Crippen LogP contribution in [0.25, 0.3) is 0 Å². The van der Waals surface area contributed by atoms with Crippen molar-refractivity contribution in [2.45, 2.75) is 129 Å². The molecule has 3 aliphatic rings. The van der Waals surface area contributed by atoms with Crippen molar-refractivity contribution in [3.05, 3.63) is 0 Å². The van der Waals surface area contributed by atoms with Crippen molar-refractivity contribution < 1.29 is 0 Å². The van der Waals surface area contributed by atoms with Crippen molar-refractivity contribution in [2.24, 2.45) is 35.5 Å². The van der Waals surface area contributed by atoms with Gasteiger partial charge in [0.25, 0.3) is 0 Å². The van der Waals surface area contributed by atoms with Gasteiger partial charge in [-0.15, -0.1) is 0 Å². The Kier molecular flexibility index (Phi) is 8.86. The molecule has 26 heavy (non-hydrogen) atoms. The van der Waals surface area contributed by atoms with Gasteiger partial charge < -0.3 is 0 Å². The van der Waals surface area contributed by atoms with Crippen molar-refractivity contribution in [3.8, 4) is 0 Å². The SMILES string of the molecule is CCCCCC1CCC(C2CCC(C3CCC(CCC)CC3)CC2)CC1. The fourth-order valence-corrected chi connectivity index (χ4v) is 7.08. The monoisotopic (exact) mass is 360 g/mol. The maximum atomic E-state index is 2.37. The first-order chi connectivity index (χ1) is 12.8. The molecule has 0 spiro atoms. The van der Waals surface area contributed by atoms with Gasteiger partial charge in [0.2, 0.25) is 0 Å². The minimum absolute atomic E-state index is 1.08. The van der Waals surface area contributed by atoms with Crippen LogP contribution in [0.4, 0.5) is 0 Å². The first-order valence-electron chi connectivity index (χ1n) is 12.8. The lowest BCUT2D eigenvalue weighted by molar-refractivity contribution is 0.102. The molecule has 3 aliphatic carbocycles. The Morgan fingerprint density at radius 2 is 0.808 bits per heavy atom. The molecule has 3 rings (SSSR count). The van der Waals surface area contributed by atoms with Gasteiger partial charge in [0.1, 0.15) is 0 Å². The number of hydrogen-bond acceptors (Lipinski definition) is 0. The van der Waals surface area contributed by atoms with Crippen LogP contribution in [0.1, 0.15) is 129 Å². The normalized spacial score (nSPS) is 39.0. The third-order valence-corrected chi connectivity index (χ3v) is 8.85. The van der Waals surface area contributed by atoms with Crippen LogP contribution < -0.4 is 0 Å². The van der Waals surface area contributed by atoms with Crippen LogP contribution in [-0.2, 0) is 0 Å². The average Bonchev–Trinajstić information content (AvgIpc) is 2.70. The van der Waals surface area contributed by atoms with E-state index in [1.807, 2.05) is 0 Å². The highest BCUT2D eigenvalue weighted by atomic mass is 14.4. The minimum atomic E-state index is 1.08. The van der Waals surface area contributed by atoms with Crippen molar-refractivity contribution in [1.82, 2.24) is 0 Å². The molecule has 0 aromatic heterocycles. The smallest absolute Gasteiger partial charge is 0.0386 e. The lowest BCUT2D eigenvalue weighted by atomic mass is 9.64. The molecule has 3 fully saturated rings. The van der Waals surface area contributed by atoms with E-state index in [2.05, 4.69) is 13.8 Å². The zero-order chi connectivity index (χ0) is 18.2. The fourth-order valence-electron chi connectivity index (χ4n) is 7.08. The summed E-state index contributed by atoms with van der Waals surface area (Å²) in [6.07, 6.45) is 27.7. The summed E-state index contributed by atoms with van der Waals surface area (Å²) in [5.41, 5.74) is 0. The van der Waals surface area contributed by atoms with E-state index in [-0.39, 0.29) is 0 Å². The third-order valence-electron chi connectivity index (χ3n) is 8.85. The van der Waals surface area contributed by atoms with Gasteiger partial charge in [-0.2, -0.15) is 0 Å². The predicted octanol–water partition coefficient (Wildman–Crippen LogP) is 8.79. The number of rotatable bonds is 8. The summed E-state index contributed by atoms with van der Waals surface area (Å²) >= 11 is 0. The summed E-state index contributed by atoms with van der Waals surface area (Å²) in [6.45, 7) is 4.70. The first-order valence-corrected chi connectivity index (χ1v) is 12.8. The highest BCUT2D eigenvalue weighted by Gasteiger charge is 2.34. The van der Waals surface area contributed by atoms with E-state index in [0.29, 0.717) is 0 Å². The molecule has 0 aliphatic heterocycles. The molecule has 152 valence electrons. The van der Waals surface area contributed by atoms with Gasteiger partial charge in [0, 0.05) is 0 Å². The van der Waals surface area contributed by atoms with Crippen molar-refractivity contribution in [2.75, 3.05) is 0 Å². The largest absolute Gasteiger partial charge is 0.0654 e. The van der Waals surface area contributed by atoms with Crippen LogP contribution in [0, 0.1) is 35.5 Å². The molecule has 0 radical (unpaired) electrons. The fraction of sp³-hybridized carbons (Fsp3) is 1.00. The Balaban J connectivity index is 1.32. The second-order valence-corrected chi connectivity index (χ2v) is 10.5. The Labute approximate surface area is 165 Å². The van der Waals surface area contributed by atoms with E-state index < -0.39 is 0 Å². The number of hydrogen-bond donors (Lipinski definition) is 0. The van der Waals surface area contributed by atoms with E-state index in [9.17, 15) is 0 Å². The number of unbranched alkanes of at least 4 members (excludes halogenated alkanes) is 2. The van der Waals surface area contributed by atoms with Gasteiger partial charge in [-0.1, -0.05) is 78.1 Å². The van der Waals surface area contributed by atoms with E-state index in [0.717, 1.165) is 35.5 Å². The van der Waals surface area contributed by atoms with E-state index in [4.69, 9.17) is 0 Å². The van der Waals surface area contributed by atoms with E-state index in [1.165, 1.54) is 38.5 Å². The maximum Gasteiger partial charge on any atom is -0.0386 e. The van der Waals surface area contributed by atoms with Crippen LogP contribution in [-0.4, -0.2) is 0 Å². The summed E-state index contributed by atoms with van der Waals surface area (Å²) in [5.74, 6) is 6.61. The Hall–Kier alpha value is 0. The van der Waals surface area contributed by atoms with Crippen LogP contribution in [0.2, 0.25) is 0 Å². The minimum Gasteiger partial charge on any atom is -0.0654 e. The molecule has 0 unspecified atom stereocenters. The Morgan fingerprint density at radius 3 is 1.19 bits per heavy atom. The zero-order valence-corrected chi connectivity index (χ0v) is 18.2. The molecule has 0 atom stereocenters. The summed E-state index contributed by atoms with van der Waals surface area (Å²) < 4.78 is 0. The maximum absolute atomic E-state index is 2.37. The summed E-state index contributed by atoms with van der Waals surface area (Å²) in [6, 6.07) is 0. The molecule has 3 saturated carbocycles. The molecule has 0 aromatic carbocycles. The molecular formula is C26H48. The van der Waals surface area contributed by atoms with Crippen LogP contribution >= 0.6 is 0 Å². The van der Waals surface area contributed by atoms with Gasteiger partial charge >= 0.3 is 0 Å².